The molecule has 1 nitrogen and oxygen atoms in total. The lowest BCUT2D eigenvalue weighted by atomic mass is 9.89. The van der Waals surface area contributed by atoms with E-state index in [1.165, 1.54) is 63.6 Å². The van der Waals surface area contributed by atoms with E-state index in [4.69, 9.17) is 5.73 Å². The fourth-order valence-corrected chi connectivity index (χ4v) is 3.88. The van der Waals surface area contributed by atoms with Crippen molar-refractivity contribution in [3.8, 4) is 0 Å². The topological polar surface area (TPSA) is 26.0 Å². The summed E-state index contributed by atoms with van der Waals surface area (Å²) in [5, 5.41) is 7.92. The molecular weight excluding hydrogens is 278 g/mol. The molecule has 0 aliphatic rings. The highest BCUT2D eigenvalue weighted by Crippen LogP contribution is 2.38. The van der Waals surface area contributed by atoms with Gasteiger partial charge in [-0.2, -0.15) is 0 Å². The molecule has 4 rings (SSSR count). The second-order valence-electron chi connectivity index (χ2n) is 6.62. The molecule has 0 aromatic heterocycles. The summed E-state index contributed by atoms with van der Waals surface area (Å²) in [6.45, 7) is 2.26. The molecule has 0 saturated heterocycles. The quantitative estimate of drug-likeness (QED) is 0.262. The minimum Gasteiger partial charge on any atom is -0.398 e. The minimum atomic E-state index is 0.918. The fourth-order valence-electron chi connectivity index (χ4n) is 3.88. The number of benzene rings is 4. The first-order valence-corrected chi connectivity index (χ1v) is 8.74. The molecule has 0 aliphatic carbocycles. The molecule has 0 atom stereocenters. The molecule has 4 aromatic rings. The van der Waals surface area contributed by atoms with Gasteiger partial charge in [-0.05, 0) is 51.4 Å². The fraction of sp³-hybridized carbons (Fsp3) is 0.273. The molecular formula is C22H23N. The highest BCUT2D eigenvalue weighted by Gasteiger charge is 2.12. The Morgan fingerprint density at radius 1 is 0.783 bits per heavy atom. The van der Waals surface area contributed by atoms with Crippen molar-refractivity contribution >= 4 is 38.0 Å². The number of nitrogens with two attached hydrogens (primary N) is 1. The van der Waals surface area contributed by atoms with Crippen LogP contribution in [-0.4, -0.2) is 0 Å². The number of rotatable bonds is 5. The monoisotopic (exact) mass is 301 g/mol. The van der Waals surface area contributed by atoms with Gasteiger partial charge in [-0.15, -0.1) is 0 Å². The molecule has 0 spiro atoms. The number of anilines is 1. The largest absolute Gasteiger partial charge is 0.398 e. The Labute approximate surface area is 137 Å². The molecule has 1 heteroatoms. The summed E-state index contributed by atoms with van der Waals surface area (Å²) in [5.74, 6) is 0. The Hall–Kier alpha value is -2.28. The predicted molar refractivity (Wildman–Crippen MR) is 102 cm³/mol. The van der Waals surface area contributed by atoms with E-state index in [1.807, 2.05) is 0 Å². The molecule has 0 radical (unpaired) electrons. The Bertz CT molecular complexity index is 952. The van der Waals surface area contributed by atoms with E-state index in [0.29, 0.717) is 0 Å². The van der Waals surface area contributed by atoms with Gasteiger partial charge in [0.1, 0.15) is 0 Å². The SMILES string of the molecule is CCCCCCc1cc(N)c2ccc3cccc4ccc1c2c34. The van der Waals surface area contributed by atoms with Gasteiger partial charge in [-0.25, -0.2) is 0 Å². The highest BCUT2D eigenvalue weighted by atomic mass is 14.6. The third kappa shape index (κ3) is 2.31. The lowest BCUT2D eigenvalue weighted by Gasteiger charge is -2.15. The van der Waals surface area contributed by atoms with Gasteiger partial charge < -0.3 is 5.73 Å². The Morgan fingerprint density at radius 3 is 2.26 bits per heavy atom. The van der Waals surface area contributed by atoms with Gasteiger partial charge in [0, 0.05) is 11.1 Å². The number of hydrogen-bond donors (Lipinski definition) is 1. The summed E-state index contributed by atoms with van der Waals surface area (Å²) in [6.07, 6.45) is 6.27. The number of unbranched alkanes of at least 4 members (excludes halogenated alkanes) is 3. The van der Waals surface area contributed by atoms with E-state index in [9.17, 15) is 0 Å². The van der Waals surface area contributed by atoms with Gasteiger partial charge >= 0.3 is 0 Å². The van der Waals surface area contributed by atoms with Crippen LogP contribution in [0.3, 0.4) is 0 Å². The van der Waals surface area contributed by atoms with E-state index >= 15 is 0 Å². The zero-order chi connectivity index (χ0) is 15.8. The molecule has 0 heterocycles. The summed E-state index contributed by atoms with van der Waals surface area (Å²) in [4.78, 5) is 0. The molecule has 0 amide bonds. The van der Waals surface area contributed by atoms with Crippen molar-refractivity contribution in [2.45, 2.75) is 39.0 Å². The van der Waals surface area contributed by atoms with E-state index in [-0.39, 0.29) is 0 Å². The Kier molecular flexibility index (Phi) is 3.57. The van der Waals surface area contributed by atoms with E-state index in [1.54, 1.807) is 0 Å². The van der Waals surface area contributed by atoms with Gasteiger partial charge in [-0.1, -0.05) is 68.7 Å². The van der Waals surface area contributed by atoms with Crippen LogP contribution in [0, 0.1) is 0 Å². The molecule has 0 fully saturated rings. The number of nitrogen functional groups attached to an aromatic ring is 1. The van der Waals surface area contributed by atoms with Gasteiger partial charge in [0.05, 0.1) is 0 Å². The van der Waals surface area contributed by atoms with Crippen LogP contribution in [0.25, 0.3) is 32.3 Å². The van der Waals surface area contributed by atoms with Crippen molar-refractivity contribution in [1.29, 1.82) is 0 Å². The van der Waals surface area contributed by atoms with Crippen molar-refractivity contribution in [3.05, 3.63) is 54.1 Å². The predicted octanol–water partition coefficient (Wildman–Crippen LogP) is 6.29. The van der Waals surface area contributed by atoms with Gasteiger partial charge in [0.25, 0.3) is 0 Å². The van der Waals surface area contributed by atoms with Crippen LogP contribution in [0.4, 0.5) is 5.69 Å². The first-order chi connectivity index (χ1) is 11.3. The normalized spacial score (nSPS) is 11.9. The zero-order valence-electron chi connectivity index (χ0n) is 13.7. The summed E-state index contributed by atoms with van der Waals surface area (Å²) in [6, 6.07) is 17.7. The second kappa shape index (κ2) is 5.73. The average molecular weight is 301 g/mol. The molecule has 0 aliphatic heterocycles. The lowest BCUT2D eigenvalue weighted by Crippen LogP contribution is -1.96. The smallest absolute Gasteiger partial charge is 0.0397 e. The molecule has 0 saturated carbocycles. The third-order valence-electron chi connectivity index (χ3n) is 5.06. The average Bonchev–Trinajstić information content (AvgIpc) is 2.58. The minimum absolute atomic E-state index is 0.918. The molecule has 23 heavy (non-hydrogen) atoms. The standard InChI is InChI=1S/C22H23N/c1-2-3-4-5-7-17-14-20(23)19-13-11-16-9-6-8-15-10-12-18(17)22(19)21(15)16/h6,8-14H,2-5,7,23H2,1H3. The molecule has 0 unspecified atom stereocenters. The molecule has 0 bridgehead atoms. The second-order valence-corrected chi connectivity index (χ2v) is 6.62. The summed E-state index contributed by atoms with van der Waals surface area (Å²) in [5.41, 5.74) is 8.72. The van der Waals surface area contributed by atoms with Crippen molar-refractivity contribution in [3.63, 3.8) is 0 Å². The van der Waals surface area contributed by atoms with Crippen LogP contribution < -0.4 is 5.73 Å². The van der Waals surface area contributed by atoms with Crippen molar-refractivity contribution in [2.75, 3.05) is 5.73 Å². The highest BCUT2D eigenvalue weighted by molar-refractivity contribution is 6.25. The van der Waals surface area contributed by atoms with Crippen LogP contribution in [0.5, 0.6) is 0 Å². The van der Waals surface area contributed by atoms with Gasteiger partial charge in [-0.3, -0.25) is 0 Å². The summed E-state index contributed by atoms with van der Waals surface area (Å²) >= 11 is 0. The number of aryl methyl sites for hydroxylation is 1. The molecule has 2 N–H and O–H groups in total. The zero-order valence-corrected chi connectivity index (χ0v) is 13.7. The maximum absolute atomic E-state index is 6.40. The van der Waals surface area contributed by atoms with E-state index < -0.39 is 0 Å². The van der Waals surface area contributed by atoms with Crippen LogP contribution in [0.2, 0.25) is 0 Å². The molecule has 116 valence electrons. The van der Waals surface area contributed by atoms with Crippen LogP contribution in [-0.2, 0) is 6.42 Å². The number of hydrogen-bond acceptors (Lipinski definition) is 1. The summed E-state index contributed by atoms with van der Waals surface area (Å²) < 4.78 is 0. The van der Waals surface area contributed by atoms with Crippen molar-refractivity contribution < 1.29 is 0 Å². The van der Waals surface area contributed by atoms with Gasteiger partial charge in [0.2, 0.25) is 0 Å². The Balaban J connectivity index is 1.94. The van der Waals surface area contributed by atoms with Crippen molar-refractivity contribution in [2.24, 2.45) is 0 Å². The first-order valence-electron chi connectivity index (χ1n) is 8.74. The van der Waals surface area contributed by atoms with E-state index in [2.05, 4.69) is 55.5 Å². The van der Waals surface area contributed by atoms with Crippen LogP contribution in [0.15, 0.2) is 48.5 Å². The maximum Gasteiger partial charge on any atom is 0.0397 e. The Morgan fingerprint density at radius 2 is 1.52 bits per heavy atom. The third-order valence-corrected chi connectivity index (χ3v) is 5.06. The van der Waals surface area contributed by atoms with Crippen LogP contribution >= 0.6 is 0 Å². The lowest BCUT2D eigenvalue weighted by molar-refractivity contribution is 0.668. The first kappa shape index (κ1) is 14.3. The summed E-state index contributed by atoms with van der Waals surface area (Å²) in [7, 11) is 0. The van der Waals surface area contributed by atoms with E-state index in [0.717, 1.165) is 12.1 Å². The maximum atomic E-state index is 6.40. The van der Waals surface area contributed by atoms with Crippen molar-refractivity contribution in [1.82, 2.24) is 0 Å². The van der Waals surface area contributed by atoms with Gasteiger partial charge in [0.15, 0.2) is 0 Å². The molecule has 4 aromatic carbocycles. The van der Waals surface area contributed by atoms with Crippen LogP contribution in [0.1, 0.15) is 38.2 Å².